The average Bonchev–Trinajstić information content (AvgIpc) is 3.25. The molecule has 0 unspecified atom stereocenters. The third-order valence-electron chi connectivity index (χ3n) is 3.80. The van der Waals surface area contributed by atoms with Gasteiger partial charge in [-0.05, 0) is 0 Å². The van der Waals surface area contributed by atoms with E-state index >= 15 is 0 Å². The molecular weight excluding hydrogens is 440 g/mol. The van der Waals surface area contributed by atoms with E-state index in [0.29, 0.717) is 0 Å². The second-order valence-corrected chi connectivity index (χ2v) is 6.50. The third-order valence-corrected chi connectivity index (χ3v) is 3.80. The summed E-state index contributed by atoms with van der Waals surface area (Å²) in [6.07, 6.45) is 2.48. The topological polar surface area (TPSA) is 0 Å². The number of rotatable bonds is 2. The number of hydrogen-bond acceptors (Lipinski definition) is 0. The molecule has 0 saturated carbocycles. The van der Waals surface area contributed by atoms with E-state index in [1.54, 1.807) is 0 Å². The Morgan fingerprint density at radius 1 is 0.533 bits per heavy atom. The molecule has 4 aromatic carbocycles. The van der Waals surface area contributed by atoms with E-state index in [1.807, 2.05) is 91.0 Å². The summed E-state index contributed by atoms with van der Waals surface area (Å²) in [6, 6.07) is 38.1. The van der Waals surface area contributed by atoms with Gasteiger partial charge in [0.1, 0.15) is 0 Å². The zero-order valence-corrected chi connectivity index (χ0v) is 20.5. The molecule has 0 aromatic heterocycles. The van der Waals surface area contributed by atoms with Gasteiger partial charge in [-0.3, -0.25) is 0 Å². The van der Waals surface area contributed by atoms with Gasteiger partial charge in [0.15, 0.2) is 0 Å². The normalized spacial score (nSPS) is 8.57. The maximum atomic E-state index is 3.72. The Hall–Kier alpha value is -2.50. The Morgan fingerprint density at radius 2 is 0.833 bits per heavy atom. The fourth-order valence-electron chi connectivity index (χ4n) is 2.30. The van der Waals surface area contributed by atoms with Crippen molar-refractivity contribution in [3.05, 3.63) is 158 Å². The molecule has 152 valence electrons. The number of benzene rings is 3. The SMILES string of the molecule is CCC[c-]1cccc1.[CH2-]c1ccccc1.[CH2-]c1ccccc1.[CH2-]c1ccccc1.[Zr+4]. The molecule has 4 rings (SSSR count). The molecule has 0 aliphatic heterocycles. The molecule has 0 bridgehead atoms. The van der Waals surface area contributed by atoms with Gasteiger partial charge in [-0.15, -0.1) is 36.4 Å². The van der Waals surface area contributed by atoms with Crippen molar-refractivity contribution in [3.8, 4) is 0 Å². The van der Waals surface area contributed by atoms with Crippen molar-refractivity contribution in [3.63, 3.8) is 0 Å². The Morgan fingerprint density at radius 3 is 1.03 bits per heavy atom. The van der Waals surface area contributed by atoms with Crippen LogP contribution in [0.15, 0.2) is 115 Å². The van der Waals surface area contributed by atoms with Crippen LogP contribution in [0.1, 0.15) is 35.6 Å². The molecule has 30 heavy (non-hydrogen) atoms. The van der Waals surface area contributed by atoms with Crippen molar-refractivity contribution in [2.45, 2.75) is 19.8 Å². The van der Waals surface area contributed by atoms with Gasteiger partial charge < -0.3 is 0 Å². The first-order chi connectivity index (χ1) is 14.1. The van der Waals surface area contributed by atoms with Crippen LogP contribution in [0.3, 0.4) is 0 Å². The van der Waals surface area contributed by atoms with Crippen LogP contribution in [0.4, 0.5) is 0 Å². The molecule has 0 aliphatic carbocycles. The molecule has 0 aliphatic rings. The molecule has 0 N–H and O–H groups in total. The van der Waals surface area contributed by atoms with Crippen LogP contribution in [0.25, 0.3) is 0 Å². The van der Waals surface area contributed by atoms with E-state index in [0.717, 1.165) is 16.7 Å². The summed E-state index contributed by atoms with van der Waals surface area (Å²) in [7, 11) is 0. The number of aryl methyl sites for hydroxylation is 1. The van der Waals surface area contributed by atoms with Gasteiger partial charge >= 0.3 is 26.2 Å². The average molecular weight is 472 g/mol. The Kier molecular flexibility index (Phi) is 17.0. The fourth-order valence-corrected chi connectivity index (χ4v) is 2.30. The molecule has 0 fully saturated rings. The first-order valence-corrected chi connectivity index (χ1v) is 9.93. The van der Waals surface area contributed by atoms with Crippen LogP contribution in [-0.2, 0) is 32.6 Å². The Bertz CT molecular complexity index is 730. The predicted octanol–water partition coefficient (Wildman–Crippen LogP) is 7.96. The maximum absolute atomic E-state index is 3.72. The van der Waals surface area contributed by atoms with Crippen LogP contribution in [0.2, 0.25) is 0 Å². The van der Waals surface area contributed by atoms with Gasteiger partial charge in [0.2, 0.25) is 0 Å². The molecule has 0 saturated heterocycles. The van der Waals surface area contributed by atoms with Crippen LogP contribution < -0.4 is 0 Å². The fraction of sp³-hybridized carbons (Fsp3) is 0.103. The van der Waals surface area contributed by atoms with Crippen molar-refractivity contribution in [2.24, 2.45) is 0 Å². The summed E-state index contributed by atoms with van der Waals surface area (Å²) in [5.74, 6) is 0. The van der Waals surface area contributed by atoms with E-state index in [1.165, 1.54) is 18.4 Å². The monoisotopic (exact) mass is 470 g/mol. The van der Waals surface area contributed by atoms with E-state index < -0.39 is 0 Å². The Labute approximate surface area is 203 Å². The van der Waals surface area contributed by atoms with E-state index in [2.05, 4.69) is 52.0 Å². The van der Waals surface area contributed by atoms with Crippen LogP contribution in [0, 0.1) is 20.8 Å². The minimum absolute atomic E-state index is 0. The quantitative estimate of drug-likeness (QED) is 0.260. The van der Waals surface area contributed by atoms with Crippen molar-refractivity contribution < 1.29 is 26.2 Å². The maximum Gasteiger partial charge on any atom is 4.00 e. The molecule has 0 heterocycles. The molecule has 0 nitrogen and oxygen atoms in total. The zero-order valence-electron chi connectivity index (χ0n) is 18.0. The van der Waals surface area contributed by atoms with E-state index in [4.69, 9.17) is 0 Å². The molecular formula is C29H32Zr. The van der Waals surface area contributed by atoms with Gasteiger partial charge in [-0.1, -0.05) is 38.0 Å². The summed E-state index contributed by atoms with van der Waals surface area (Å²) in [5.41, 5.74) is 4.68. The third kappa shape index (κ3) is 15.4. The van der Waals surface area contributed by atoms with Gasteiger partial charge in [-0.25, -0.2) is 12.1 Å². The summed E-state index contributed by atoms with van der Waals surface area (Å²) >= 11 is 0. The summed E-state index contributed by atoms with van der Waals surface area (Å²) in [5, 5.41) is 0. The van der Waals surface area contributed by atoms with Gasteiger partial charge in [-0.2, -0.15) is 91.6 Å². The smallest absolute Gasteiger partial charge is 0.213 e. The summed E-state index contributed by atoms with van der Waals surface area (Å²) in [4.78, 5) is 0. The zero-order chi connectivity index (χ0) is 21.2. The molecule has 4 aromatic rings. The molecule has 0 spiro atoms. The number of hydrogen-bond donors (Lipinski definition) is 0. The minimum Gasteiger partial charge on any atom is -0.213 e. The largest absolute Gasteiger partial charge is 4.00 e. The molecule has 0 amide bonds. The van der Waals surface area contributed by atoms with Crippen LogP contribution in [0.5, 0.6) is 0 Å². The van der Waals surface area contributed by atoms with Gasteiger partial charge in [0.25, 0.3) is 0 Å². The van der Waals surface area contributed by atoms with Gasteiger partial charge in [0.05, 0.1) is 0 Å². The first-order valence-electron chi connectivity index (χ1n) is 9.93. The standard InChI is InChI=1S/C8H11.3C7H7.Zr/c1-2-5-8-6-3-4-7-8;3*1-7-5-3-2-4-6-7;/h3-4,6-7H,2,5H2,1H3;3*2-6H,1H2;/q4*-1;+4. The van der Waals surface area contributed by atoms with Crippen LogP contribution >= 0.6 is 0 Å². The van der Waals surface area contributed by atoms with Crippen molar-refractivity contribution in [1.82, 2.24) is 0 Å². The van der Waals surface area contributed by atoms with Crippen molar-refractivity contribution in [2.75, 3.05) is 0 Å². The summed E-state index contributed by atoms with van der Waals surface area (Å²) < 4.78 is 0. The molecule has 1 heteroatoms. The van der Waals surface area contributed by atoms with E-state index in [9.17, 15) is 0 Å². The van der Waals surface area contributed by atoms with Crippen molar-refractivity contribution >= 4 is 0 Å². The molecule has 0 radical (unpaired) electrons. The molecule has 0 atom stereocenters. The second-order valence-electron chi connectivity index (χ2n) is 6.50. The minimum atomic E-state index is 0. The Balaban J connectivity index is 0.000000370. The summed E-state index contributed by atoms with van der Waals surface area (Å²) in [6.45, 7) is 13.4. The van der Waals surface area contributed by atoms with Crippen molar-refractivity contribution in [1.29, 1.82) is 0 Å². The van der Waals surface area contributed by atoms with Crippen LogP contribution in [-0.4, -0.2) is 0 Å². The first kappa shape index (κ1) is 27.5. The predicted molar refractivity (Wildman–Crippen MR) is 129 cm³/mol. The van der Waals surface area contributed by atoms with E-state index in [-0.39, 0.29) is 26.2 Å². The second kappa shape index (κ2) is 18.5. The van der Waals surface area contributed by atoms with Gasteiger partial charge in [0, 0.05) is 0 Å².